The second kappa shape index (κ2) is 6.29. The molecule has 1 heterocycles. The van der Waals surface area contributed by atoms with Crippen LogP contribution >= 0.6 is 0 Å². The van der Waals surface area contributed by atoms with Crippen LogP contribution in [-0.4, -0.2) is 19.0 Å². The molecule has 2 N–H and O–H groups in total. The van der Waals surface area contributed by atoms with Crippen molar-refractivity contribution in [1.82, 2.24) is 5.32 Å². The van der Waals surface area contributed by atoms with E-state index in [1.807, 2.05) is 18.2 Å². The first-order valence-electron chi connectivity index (χ1n) is 7.64. The lowest BCUT2D eigenvalue weighted by molar-refractivity contribution is 0.0937. The van der Waals surface area contributed by atoms with E-state index in [4.69, 9.17) is 0 Å². The molecule has 0 atom stereocenters. The molecular formula is C17H26N2O. The summed E-state index contributed by atoms with van der Waals surface area (Å²) in [6.45, 7) is 10.6. The molecule has 0 bridgehead atoms. The third kappa shape index (κ3) is 3.33. The van der Waals surface area contributed by atoms with Crippen LogP contribution < -0.4 is 10.6 Å². The summed E-state index contributed by atoms with van der Waals surface area (Å²) < 4.78 is 0. The van der Waals surface area contributed by atoms with Gasteiger partial charge in [0.1, 0.15) is 0 Å². The second-order valence-corrected chi connectivity index (χ2v) is 6.41. The maximum Gasteiger partial charge on any atom is 0.251 e. The highest BCUT2D eigenvalue weighted by Crippen LogP contribution is 2.23. The van der Waals surface area contributed by atoms with Crippen molar-refractivity contribution in [3.63, 3.8) is 0 Å². The maximum atomic E-state index is 12.3. The largest absolute Gasteiger partial charge is 0.384 e. The Bertz CT molecular complexity index is 472. The molecule has 0 saturated carbocycles. The van der Waals surface area contributed by atoms with E-state index in [0.29, 0.717) is 17.8 Å². The van der Waals surface area contributed by atoms with E-state index in [0.717, 1.165) is 25.1 Å². The van der Waals surface area contributed by atoms with Gasteiger partial charge in [-0.1, -0.05) is 27.7 Å². The summed E-state index contributed by atoms with van der Waals surface area (Å²) in [5.74, 6) is 1.74. The van der Waals surface area contributed by atoms with Crippen molar-refractivity contribution in [2.24, 2.45) is 17.8 Å². The molecule has 20 heavy (non-hydrogen) atoms. The van der Waals surface area contributed by atoms with E-state index in [2.05, 4.69) is 38.3 Å². The number of anilines is 1. The summed E-state index contributed by atoms with van der Waals surface area (Å²) in [6, 6.07) is 5.94. The summed E-state index contributed by atoms with van der Waals surface area (Å²) in [6.07, 6.45) is 1.01. The highest BCUT2D eigenvalue weighted by molar-refractivity contribution is 5.95. The lowest BCUT2D eigenvalue weighted by Gasteiger charge is -2.25. The van der Waals surface area contributed by atoms with Crippen molar-refractivity contribution >= 4 is 11.6 Å². The van der Waals surface area contributed by atoms with Gasteiger partial charge in [0.2, 0.25) is 0 Å². The standard InChI is InChI=1S/C17H26N2O/c1-11(2)15(12(3)4)10-19-17(20)14-5-6-16-13(9-14)7-8-18-16/h5-6,9,11-12,15,18H,7-8,10H2,1-4H3,(H,19,20). The van der Waals surface area contributed by atoms with E-state index < -0.39 is 0 Å². The Morgan fingerprint density at radius 3 is 2.60 bits per heavy atom. The topological polar surface area (TPSA) is 41.1 Å². The van der Waals surface area contributed by atoms with Crippen LogP contribution in [0.1, 0.15) is 43.6 Å². The molecular weight excluding hydrogens is 248 g/mol. The zero-order valence-corrected chi connectivity index (χ0v) is 13.0. The number of rotatable bonds is 5. The summed E-state index contributed by atoms with van der Waals surface area (Å²) in [4.78, 5) is 12.3. The smallest absolute Gasteiger partial charge is 0.251 e. The van der Waals surface area contributed by atoms with E-state index >= 15 is 0 Å². The number of fused-ring (bicyclic) bond motifs is 1. The monoisotopic (exact) mass is 274 g/mol. The molecule has 0 spiro atoms. The van der Waals surface area contributed by atoms with E-state index in [-0.39, 0.29) is 5.91 Å². The minimum absolute atomic E-state index is 0.0472. The molecule has 0 aliphatic carbocycles. The van der Waals surface area contributed by atoms with Gasteiger partial charge in [-0.25, -0.2) is 0 Å². The number of hydrogen-bond donors (Lipinski definition) is 2. The van der Waals surface area contributed by atoms with Crippen LogP contribution in [0.5, 0.6) is 0 Å². The van der Waals surface area contributed by atoms with E-state index in [9.17, 15) is 4.79 Å². The minimum atomic E-state index is 0.0472. The molecule has 3 heteroatoms. The molecule has 1 aromatic rings. The van der Waals surface area contributed by atoms with Gasteiger partial charge < -0.3 is 10.6 Å². The predicted octanol–water partition coefficient (Wildman–Crippen LogP) is 3.31. The molecule has 0 fully saturated rings. The van der Waals surface area contributed by atoms with Crippen LogP contribution in [0.4, 0.5) is 5.69 Å². The van der Waals surface area contributed by atoms with Crippen LogP contribution in [0, 0.1) is 17.8 Å². The number of carbonyl (C=O) groups is 1. The normalized spacial score (nSPS) is 13.8. The van der Waals surface area contributed by atoms with Gasteiger partial charge in [0.15, 0.2) is 0 Å². The quantitative estimate of drug-likeness (QED) is 0.865. The van der Waals surface area contributed by atoms with Gasteiger partial charge >= 0.3 is 0 Å². The summed E-state index contributed by atoms with van der Waals surface area (Å²) >= 11 is 0. The van der Waals surface area contributed by atoms with Crippen LogP contribution in [0.25, 0.3) is 0 Å². The van der Waals surface area contributed by atoms with Gasteiger partial charge in [0, 0.05) is 24.3 Å². The van der Waals surface area contributed by atoms with Crippen molar-refractivity contribution in [3.8, 4) is 0 Å². The fourth-order valence-corrected chi connectivity index (χ4v) is 3.00. The fraction of sp³-hybridized carbons (Fsp3) is 0.588. The fourth-order valence-electron chi connectivity index (χ4n) is 3.00. The minimum Gasteiger partial charge on any atom is -0.384 e. The Morgan fingerprint density at radius 1 is 1.25 bits per heavy atom. The highest BCUT2D eigenvalue weighted by atomic mass is 16.1. The van der Waals surface area contributed by atoms with Gasteiger partial charge in [-0.15, -0.1) is 0 Å². The number of amides is 1. The Labute approximate surface area is 122 Å². The third-order valence-corrected chi connectivity index (χ3v) is 4.29. The van der Waals surface area contributed by atoms with E-state index in [1.54, 1.807) is 0 Å². The zero-order chi connectivity index (χ0) is 14.7. The Balaban J connectivity index is 1.98. The molecule has 0 saturated heterocycles. The highest BCUT2D eigenvalue weighted by Gasteiger charge is 2.19. The first kappa shape index (κ1) is 14.9. The molecule has 1 aliphatic rings. The third-order valence-electron chi connectivity index (χ3n) is 4.29. The van der Waals surface area contributed by atoms with Gasteiger partial charge in [0.25, 0.3) is 5.91 Å². The lowest BCUT2D eigenvalue weighted by atomic mass is 9.85. The molecule has 3 nitrogen and oxygen atoms in total. The molecule has 1 aromatic carbocycles. The zero-order valence-electron chi connectivity index (χ0n) is 13.0. The lowest BCUT2D eigenvalue weighted by Crippen LogP contribution is -2.33. The first-order chi connectivity index (χ1) is 9.49. The van der Waals surface area contributed by atoms with Crippen molar-refractivity contribution in [2.45, 2.75) is 34.1 Å². The van der Waals surface area contributed by atoms with E-state index in [1.165, 1.54) is 11.3 Å². The Morgan fingerprint density at radius 2 is 1.95 bits per heavy atom. The number of benzene rings is 1. The first-order valence-corrected chi connectivity index (χ1v) is 7.64. The van der Waals surface area contributed by atoms with Crippen LogP contribution in [-0.2, 0) is 6.42 Å². The molecule has 1 aliphatic heterocycles. The van der Waals surface area contributed by atoms with Crippen LogP contribution in [0.15, 0.2) is 18.2 Å². The molecule has 1 amide bonds. The maximum absolute atomic E-state index is 12.3. The average molecular weight is 274 g/mol. The van der Waals surface area contributed by atoms with Crippen molar-refractivity contribution in [3.05, 3.63) is 29.3 Å². The second-order valence-electron chi connectivity index (χ2n) is 6.41. The Kier molecular flexibility index (Phi) is 4.69. The summed E-state index contributed by atoms with van der Waals surface area (Å²) in [5.41, 5.74) is 3.20. The van der Waals surface area contributed by atoms with Crippen LogP contribution in [0.2, 0.25) is 0 Å². The number of carbonyl (C=O) groups excluding carboxylic acids is 1. The summed E-state index contributed by atoms with van der Waals surface area (Å²) in [7, 11) is 0. The Hall–Kier alpha value is -1.51. The predicted molar refractivity (Wildman–Crippen MR) is 84.1 cm³/mol. The molecule has 110 valence electrons. The van der Waals surface area contributed by atoms with Gasteiger partial charge in [-0.3, -0.25) is 4.79 Å². The van der Waals surface area contributed by atoms with Gasteiger partial charge in [0.05, 0.1) is 0 Å². The molecule has 0 unspecified atom stereocenters. The van der Waals surface area contributed by atoms with Gasteiger partial charge in [-0.05, 0) is 47.9 Å². The average Bonchev–Trinajstić information content (AvgIpc) is 2.84. The molecule has 2 rings (SSSR count). The summed E-state index contributed by atoms with van der Waals surface area (Å²) in [5, 5.41) is 6.41. The molecule has 0 aromatic heterocycles. The number of hydrogen-bond acceptors (Lipinski definition) is 2. The van der Waals surface area contributed by atoms with Crippen molar-refractivity contribution in [1.29, 1.82) is 0 Å². The molecule has 0 radical (unpaired) electrons. The number of nitrogens with one attached hydrogen (secondary N) is 2. The van der Waals surface area contributed by atoms with Gasteiger partial charge in [-0.2, -0.15) is 0 Å². The SMILES string of the molecule is CC(C)C(CNC(=O)c1ccc2c(c1)CCN2)C(C)C. The van der Waals surface area contributed by atoms with Crippen LogP contribution in [0.3, 0.4) is 0 Å². The van der Waals surface area contributed by atoms with Crippen molar-refractivity contribution < 1.29 is 4.79 Å². The van der Waals surface area contributed by atoms with Crippen molar-refractivity contribution in [2.75, 3.05) is 18.4 Å².